The van der Waals surface area contributed by atoms with E-state index in [1.165, 1.54) is 16.0 Å². The van der Waals surface area contributed by atoms with Crippen LogP contribution in [-0.2, 0) is 16.1 Å². The van der Waals surface area contributed by atoms with Gasteiger partial charge < -0.3 is 9.64 Å². The number of benzene rings is 1. The molecule has 0 spiro atoms. The lowest BCUT2D eigenvalue weighted by molar-refractivity contribution is -0.135. The molecule has 30 heavy (non-hydrogen) atoms. The number of thiazole rings is 1. The minimum Gasteiger partial charge on any atom is -0.379 e. The van der Waals surface area contributed by atoms with Gasteiger partial charge in [-0.2, -0.15) is 0 Å². The van der Waals surface area contributed by atoms with Crippen LogP contribution in [0.5, 0.6) is 0 Å². The molecule has 7 heteroatoms. The van der Waals surface area contributed by atoms with Crippen LogP contribution in [0.3, 0.4) is 0 Å². The van der Waals surface area contributed by atoms with E-state index in [2.05, 4.69) is 52.9 Å². The number of hydrogen-bond acceptors (Lipinski definition) is 6. The van der Waals surface area contributed by atoms with Crippen molar-refractivity contribution >= 4 is 17.2 Å². The number of hydrogen-bond donors (Lipinski definition) is 0. The Labute approximate surface area is 183 Å². The summed E-state index contributed by atoms with van der Waals surface area (Å²) in [6.07, 6.45) is 2.01. The first-order valence-electron chi connectivity index (χ1n) is 10.9. The summed E-state index contributed by atoms with van der Waals surface area (Å²) < 4.78 is 5.36. The molecule has 6 nitrogen and oxygen atoms in total. The predicted molar refractivity (Wildman–Crippen MR) is 121 cm³/mol. The van der Waals surface area contributed by atoms with E-state index in [9.17, 15) is 4.79 Å². The Balaban J connectivity index is 1.25. The number of aromatic nitrogens is 1. The summed E-state index contributed by atoms with van der Waals surface area (Å²) in [4.78, 5) is 25.1. The molecule has 162 valence electrons. The summed E-state index contributed by atoms with van der Waals surface area (Å²) in [6, 6.07) is 8.76. The maximum atomic E-state index is 12.6. The van der Waals surface area contributed by atoms with Crippen LogP contribution in [0.2, 0.25) is 0 Å². The molecule has 2 aliphatic rings. The second kappa shape index (κ2) is 10.0. The third kappa shape index (κ3) is 5.46. The first-order valence-corrected chi connectivity index (χ1v) is 11.8. The molecule has 2 saturated heterocycles. The van der Waals surface area contributed by atoms with Crippen LogP contribution in [-0.4, -0.2) is 84.6 Å². The maximum absolute atomic E-state index is 12.6. The average Bonchev–Trinajstić information content (AvgIpc) is 3.23. The predicted octanol–water partition coefficient (Wildman–Crippen LogP) is 2.91. The molecule has 0 bridgehead atoms. The van der Waals surface area contributed by atoms with Crippen LogP contribution in [0.15, 0.2) is 30.5 Å². The molecular formula is C23H32N4O2S. The Morgan fingerprint density at radius 1 is 1.03 bits per heavy atom. The SMILES string of the molecule is CC(C)c1ccc(-c2ncc(CN3CCN(C(=O)CN4CCOCC4)CC3)s2)cc1. The molecule has 0 radical (unpaired) electrons. The minimum atomic E-state index is 0.251. The molecular weight excluding hydrogens is 396 g/mol. The highest BCUT2D eigenvalue weighted by atomic mass is 32.1. The van der Waals surface area contributed by atoms with E-state index in [-0.39, 0.29) is 5.91 Å². The highest BCUT2D eigenvalue weighted by molar-refractivity contribution is 7.15. The van der Waals surface area contributed by atoms with Gasteiger partial charge in [-0.1, -0.05) is 38.1 Å². The van der Waals surface area contributed by atoms with Crippen molar-refractivity contribution in [2.24, 2.45) is 0 Å². The van der Waals surface area contributed by atoms with Gasteiger partial charge in [0.15, 0.2) is 0 Å². The van der Waals surface area contributed by atoms with E-state index < -0.39 is 0 Å². The van der Waals surface area contributed by atoms with Crippen molar-refractivity contribution in [3.05, 3.63) is 40.9 Å². The zero-order valence-electron chi connectivity index (χ0n) is 18.0. The lowest BCUT2D eigenvalue weighted by Crippen LogP contribution is -2.51. The molecule has 1 aromatic heterocycles. The first kappa shape index (κ1) is 21.4. The molecule has 2 aliphatic heterocycles. The highest BCUT2D eigenvalue weighted by Gasteiger charge is 2.24. The molecule has 3 heterocycles. The summed E-state index contributed by atoms with van der Waals surface area (Å²) in [7, 11) is 0. The van der Waals surface area contributed by atoms with E-state index >= 15 is 0 Å². The van der Waals surface area contributed by atoms with E-state index in [1.807, 2.05) is 11.1 Å². The van der Waals surface area contributed by atoms with Crippen molar-refractivity contribution in [3.63, 3.8) is 0 Å². The third-order valence-corrected chi connectivity index (χ3v) is 6.98. The number of rotatable bonds is 6. The zero-order valence-corrected chi connectivity index (χ0v) is 18.9. The molecule has 0 aliphatic carbocycles. The van der Waals surface area contributed by atoms with Gasteiger partial charge in [0.05, 0.1) is 19.8 Å². The Hall–Kier alpha value is -1.80. The number of piperazine rings is 1. The lowest BCUT2D eigenvalue weighted by atomic mass is 10.0. The van der Waals surface area contributed by atoms with Crippen molar-refractivity contribution in [3.8, 4) is 10.6 Å². The van der Waals surface area contributed by atoms with Crippen molar-refractivity contribution in [1.29, 1.82) is 0 Å². The van der Waals surface area contributed by atoms with Crippen LogP contribution >= 0.6 is 11.3 Å². The third-order valence-electron chi connectivity index (χ3n) is 5.94. The average molecular weight is 429 g/mol. The van der Waals surface area contributed by atoms with Crippen molar-refractivity contribution < 1.29 is 9.53 Å². The van der Waals surface area contributed by atoms with E-state index in [4.69, 9.17) is 4.74 Å². The Morgan fingerprint density at radius 3 is 2.40 bits per heavy atom. The normalized spacial score (nSPS) is 18.8. The molecule has 1 amide bonds. The summed E-state index contributed by atoms with van der Waals surface area (Å²) in [5.41, 5.74) is 2.55. The molecule has 2 fully saturated rings. The van der Waals surface area contributed by atoms with E-state index in [0.29, 0.717) is 12.5 Å². The Kier molecular flexibility index (Phi) is 7.15. The van der Waals surface area contributed by atoms with Gasteiger partial charge in [-0.3, -0.25) is 14.6 Å². The molecule has 2 aromatic rings. The second-order valence-electron chi connectivity index (χ2n) is 8.45. The van der Waals surface area contributed by atoms with Gasteiger partial charge >= 0.3 is 0 Å². The Bertz CT molecular complexity index is 822. The van der Waals surface area contributed by atoms with Crippen molar-refractivity contribution in [2.45, 2.75) is 26.3 Å². The van der Waals surface area contributed by atoms with Gasteiger partial charge in [0.1, 0.15) is 5.01 Å². The van der Waals surface area contributed by atoms with Gasteiger partial charge in [-0.25, -0.2) is 4.98 Å². The van der Waals surface area contributed by atoms with Crippen molar-refractivity contribution in [1.82, 2.24) is 19.7 Å². The quantitative estimate of drug-likeness (QED) is 0.708. The fourth-order valence-corrected chi connectivity index (χ4v) is 4.91. The van der Waals surface area contributed by atoms with Crippen molar-refractivity contribution in [2.75, 3.05) is 59.0 Å². The monoisotopic (exact) mass is 428 g/mol. The molecule has 1 aromatic carbocycles. The maximum Gasteiger partial charge on any atom is 0.236 e. The van der Waals surface area contributed by atoms with Gasteiger partial charge in [-0.05, 0) is 11.5 Å². The number of nitrogens with zero attached hydrogens (tertiary/aromatic N) is 4. The lowest BCUT2D eigenvalue weighted by Gasteiger charge is -2.36. The summed E-state index contributed by atoms with van der Waals surface area (Å²) in [5.74, 6) is 0.798. The van der Waals surface area contributed by atoms with Crippen LogP contribution in [0.4, 0.5) is 0 Å². The number of morpholine rings is 1. The summed E-state index contributed by atoms with van der Waals surface area (Å²) >= 11 is 1.77. The topological polar surface area (TPSA) is 48.9 Å². The van der Waals surface area contributed by atoms with E-state index in [0.717, 1.165) is 64.0 Å². The number of carbonyl (C=O) groups excluding carboxylic acids is 1. The molecule has 0 N–H and O–H groups in total. The largest absolute Gasteiger partial charge is 0.379 e. The number of carbonyl (C=O) groups is 1. The molecule has 0 atom stereocenters. The van der Waals surface area contributed by atoms with Crippen LogP contribution < -0.4 is 0 Å². The van der Waals surface area contributed by atoms with Gasteiger partial charge in [-0.15, -0.1) is 11.3 Å². The van der Waals surface area contributed by atoms with Gasteiger partial charge in [0, 0.05) is 62.5 Å². The minimum absolute atomic E-state index is 0.251. The number of ether oxygens (including phenoxy) is 1. The second-order valence-corrected chi connectivity index (χ2v) is 9.57. The van der Waals surface area contributed by atoms with Crippen LogP contribution in [0.1, 0.15) is 30.2 Å². The van der Waals surface area contributed by atoms with Crippen LogP contribution in [0, 0.1) is 0 Å². The fourth-order valence-electron chi connectivity index (χ4n) is 3.95. The molecule has 0 unspecified atom stereocenters. The summed E-state index contributed by atoms with van der Waals surface area (Å²) in [6.45, 7) is 12.5. The van der Waals surface area contributed by atoms with Crippen LogP contribution in [0.25, 0.3) is 10.6 Å². The van der Waals surface area contributed by atoms with Gasteiger partial charge in [0.2, 0.25) is 5.91 Å². The highest BCUT2D eigenvalue weighted by Crippen LogP contribution is 2.27. The Morgan fingerprint density at radius 2 is 1.73 bits per heavy atom. The van der Waals surface area contributed by atoms with Gasteiger partial charge in [0.25, 0.3) is 0 Å². The molecule has 4 rings (SSSR count). The fraction of sp³-hybridized carbons (Fsp3) is 0.565. The standard InChI is InChI=1S/C23H32N4O2S/c1-18(2)19-3-5-20(6-4-19)23-24-15-21(30-23)16-25-7-9-27(10-8-25)22(28)17-26-11-13-29-14-12-26/h3-6,15,18H,7-14,16-17H2,1-2H3. The number of amides is 1. The smallest absolute Gasteiger partial charge is 0.236 e. The zero-order chi connectivity index (χ0) is 20.9. The first-order chi connectivity index (χ1) is 14.6. The van der Waals surface area contributed by atoms with E-state index in [1.54, 1.807) is 11.3 Å². The summed E-state index contributed by atoms with van der Waals surface area (Å²) in [5, 5.41) is 1.08. The molecule has 0 saturated carbocycles.